The molecule has 0 radical (unpaired) electrons. The Balaban J connectivity index is 1.60. The maximum Gasteiger partial charge on any atom is 0.254 e. The molecule has 0 aliphatic carbocycles. The predicted molar refractivity (Wildman–Crippen MR) is 94.6 cm³/mol. The molecule has 0 bridgehead atoms. The summed E-state index contributed by atoms with van der Waals surface area (Å²) in [5.74, 6) is 0.762. The number of hydrogen-bond acceptors (Lipinski definition) is 3. The second-order valence-corrected chi connectivity index (χ2v) is 6.15. The van der Waals surface area contributed by atoms with Gasteiger partial charge in [-0.25, -0.2) is 0 Å². The molecule has 1 aromatic carbocycles. The minimum Gasteiger partial charge on any atom is -0.497 e. The van der Waals surface area contributed by atoms with Gasteiger partial charge in [0, 0.05) is 44.1 Å². The van der Waals surface area contributed by atoms with Crippen LogP contribution >= 0.6 is 0 Å². The van der Waals surface area contributed by atoms with Crippen LogP contribution in [-0.2, 0) is 11.2 Å². The summed E-state index contributed by atoms with van der Waals surface area (Å²) >= 11 is 0. The molecule has 1 aliphatic rings. The quantitative estimate of drug-likeness (QED) is 0.924. The van der Waals surface area contributed by atoms with Gasteiger partial charge in [0.2, 0.25) is 5.91 Å². The Hall–Kier alpha value is -2.76. The molecular weight excluding hydrogens is 318 g/mol. The van der Waals surface area contributed by atoms with Crippen LogP contribution in [0.15, 0.2) is 42.7 Å². The van der Waals surface area contributed by atoms with Crippen molar-refractivity contribution < 1.29 is 14.3 Å². The molecule has 6 nitrogen and oxygen atoms in total. The summed E-state index contributed by atoms with van der Waals surface area (Å²) in [5, 5.41) is 0. The number of nitrogens with zero attached hydrogens (tertiary/aromatic N) is 2. The zero-order valence-electron chi connectivity index (χ0n) is 14.4. The van der Waals surface area contributed by atoms with Crippen LogP contribution in [0.1, 0.15) is 22.3 Å². The van der Waals surface area contributed by atoms with Crippen molar-refractivity contribution in [3.63, 3.8) is 0 Å². The fourth-order valence-electron chi connectivity index (χ4n) is 3.06. The van der Waals surface area contributed by atoms with Gasteiger partial charge in [-0.15, -0.1) is 0 Å². The molecule has 1 aliphatic heterocycles. The summed E-state index contributed by atoms with van der Waals surface area (Å²) in [7, 11) is 1.59. The number of carbonyl (C=O) groups is 2. The van der Waals surface area contributed by atoms with Gasteiger partial charge in [-0.1, -0.05) is 6.07 Å². The zero-order chi connectivity index (χ0) is 17.6. The lowest BCUT2D eigenvalue weighted by molar-refractivity contribution is -0.130. The number of nitrogens with one attached hydrogen (secondary N) is 1. The van der Waals surface area contributed by atoms with Gasteiger partial charge in [0.05, 0.1) is 13.5 Å². The number of aromatic amines is 1. The van der Waals surface area contributed by atoms with E-state index in [2.05, 4.69) is 4.98 Å². The Bertz CT molecular complexity index is 727. The molecule has 1 fully saturated rings. The van der Waals surface area contributed by atoms with Gasteiger partial charge in [0.15, 0.2) is 0 Å². The summed E-state index contributed by atoms with van der Waals surface area (Å²) in [6.07, 6.45) is 4.84. The first-order valence-corrected chi connectivity index (χ1v) is 8.50. The normalized spacial score (nSPS) is 14.9. The third kappa shape index (κ3) is 4.21. The highest BCUT2D eigenvalue weighted by atomic mass is 16.5. The third-order valence-corrected chi connectivity index (χ3v) is 4.47. The third-order valence-electron chi connectivity index (χ3n) is 4.47. The van der Waals surface area contributed by atoms with Crippen molar-refractivity contribution in [3.05, 3.63) is 53.9 Å². The highest BCUT2D eigenvalue weighted by Crippen LogP contribution is 2.16. The summed E-state index contributed by atoms with van der Waals surface area (Å²) in [6.45, 7) is 2.46. The summed E-state index contributed by atoms with van der Waals surface area (Å²) in [6, 6.07) is 9.10. The van der Waals surface area contributed by atoms with E-state index in [1.54, 1.807) is 19.2 Å². The number of H-pyrrole nitrogens is 1. The van der Waals surface area contributed by atoms with Crippen LogP contribution < -0.4 is 4.74 Å². The van der Waals surface area contributed by atoms with Crippen molar-refractivity contribution in [1.82, 2.24) is 14.8 Å². The Morgan fingerprint density at radius 1 is 1.12 bits per heavy atom. The van der Waals surface area contributed by atoms with E-state index in [0.717, 1.165) is 12.0 Å². The lowest BCUT2D eigenvalue weighted by Gasteiger charge is -2.22. The number of carbonyl (C=O) groups excluding carboxylic acids is 2. The molecule has 2 amide bonds. The van der Waals surface area contributed by atoms with Gasteiger partial charge in [-0.3, -0.25) is 9.59 Å². The molecule has 132 valence electrons. The number of rotatable bonds is 4. The molecule has 0 atom stereocenters. The molecule has 2 aromatic rings. The van der Waals surface area contributed by atoms with Crippen LogP contribution in [0, 0.1) is 0 Å². The monoisotopic (exact) mass is 341 g/mol. The summed E-state index contributed by atoms with van der Waals surface area (Å²) < 4.78 is 5.19. The van der Waals surface area contributed by atoms with Crippen molar-refractivity contribution in [2.75, 3.05) is 33.3 Å². The Labute approximate surface area is 147 Å². The number of amides is 2. The average molecular weight is 341 g/mol. The van der Waals surface area contributed by atoms with E-state index < -0.39 is 0 Å². The topological polar surface area (TPSA) is 65.6 Å². The minimum absolute atomic E-state index is 0.0150. The van der Waals surface area contributed by atoms with E-state index in [4.69, 9.17) is 4.74 Å². The highest BCUT2D eigenvalue weighted by Gasteiger charge is 2.23. The van der Waals surface area contributed by atoms with Crippen molar-refractivity contribution in [2.24, 2.45) is 0 Å². The van der Waals surface area contributed by atoms with Gasteiger partial charge in [0.25, 0.3) is 5.91 Å². The standard InChI is InChI=1S/C19H23N3O3/c1-25-17-5-2-4-16(13-17)19(24)22-9-3-8-21(10-11-22)18(23)12-15-6-7-20-14-15/h2,4-7,13-14,20H,3,8-12H2,1H3. The Kier molecular flexibility index (Phi) is 5.38. The molecule has 2 heterocycles. The molecule has 1 aromatic heterocycles. The maximum absolute atomic E-state index is 12.7. The molecule has 6 heteroatoms. The molecule has 1 saturated heterocycles. The smallest absolute Gasteiger partial charge is 0.254 e. The second kappa shape index (κ2) is 7.88. The molecule has 0 saturated carbocycles. The van der Waals surface area contributed by atoms with Gasteiger partial charge < -0.3 is 19.5 Å². The average Bonchev–Trinajstić information content (AvgIpc) is 3.02. The van der Waals surface area contributed by atoms with Gasteiger partial charge in [0.1, 0.15) is 5.75 Å². The van der Waals surface area contributed by atoms with Crippen molar-refractivity contribution in [2.45, 2.75) is 12.8 Å². The van der Waals surface area contributed by atoms with E-state index in [-0.39, 0.29) is 11.8 Å². The molecule has 25 heavy (non-hydrogen) atoms. The zero-order valence-corrected chi connectivity index (χ0v) is 14.4. The van der Waals surface area contributed by atoms with Crippen molar-refractivity contribution in [3.8, 4) is 5.75 Å². The summed E-state index contributed by atoms with van der Waals surface area (Å²) in [4.78, 5) is 31.8. The van der Waals surface area contributed by atoms with Crippen LogP contribution in [0.3, 0.4) is 0 Å². The van der Waals surface area contributed by atoms with Crippen molar-refractivity contribution in [1.29, 1.82) is 0 Å². The second-order valence-electron chi connectivity index (χ2n) is 6.15. The maximum atomic E-state index is 12.7. The molecular formula is C19H23N3O3. The molecule has 0 spiro atoms. The predicted octanol–water partition coefficient (Wildman–Crippen LogP) is 1.94. The molecule has 3 rings (SSSR count). The van der Waals surface area contributed by atoms with Gasteiger partial charge >= 0.3 is 0 Å². The van der Waals surface area contributed by atoms with E-state index in [0.29, 0.717) is 43.9 Å². The number of benzene rings is 1. The molecule has 1 N–H and O–H groups in total. The number of aromatic nitrogens is 1. The largest absolute Gasteiger partial charge is 0.497 e. The van der Waals surface area contributed by atoms with Crippen LogP contribution in [-0.4, -0.2) is 59.9 Å². The van der Waals surface area contributed by atoms with Gasteiger partial charge in [-0.05, 0) is 36.2 Å². The number of methoxy groups -OCH3 is 1. The van der Waals surface area contributed by atoms with E-state index >= 15 is 0 Å². The fraction of sp³-hybridized carbons (Fsp3) is 0.368. The number of hydrogen-bond donors (Lipinski definition) is 1. The first kappa shape index (κ1) is 17.1. The summed E-state index contributed by atoms with van der Waals surface area (Å²) in [5.41, 5.74) is 1.60. The van der Waals surface area contributed by atoms with Crippen LogP contribution in [0.25, 0.3) is 0 Å². The SMILES string of the molecule is COc1cccc(C(=O)N2CCCN(C(=O)Cc3cc[nH]c3)CC2)c1. The van der Waals surface area contributed by atoms with Crippen molar-refractivity contribution >= 4 is 11.8 Å². The van der Waals surface area contributed by atoms with E-state index in [1.807, 2.05) is 40.4 Å². The minimum atomic E-state index is -0.0150. The van der Waals surface area contributed by atoms with Crippen LogP contribution in [0.4, 0.5) is 0 Å². The number of ether oxygens (including phenoxy) is 1. The molecule has 0 unspecified atom stereocenters. The lowest BCUT2D eigenvalue weighted by atomic mass is 10.2. The van der Waals surface area contributed by atoms with E-state index in [1.165, 1.54) is 0 Å². The van der Waals surface area contributed by atoms with Gasteiger partial charge in [-0.2, -0.15) is 0 Å². The first-order chi connectivity index (χ1) is 12.2. The Morgan fingerprint density at radius 2 is 1.92 bits per heavy atom. The highest BCUT2D eigenvalue weighted by molar-refractivity contribution is 5.94. The van der Waals surface area contributed by atoms with E-state index in [9.17, 15) is 9.59 Å². The van der Waals surface area contributed by atoms with Crippen LogP contribution in [0.2, 0.25) is 0 Å². The Morgan fingerprint density at radius 3 is 2.68 bits per heavy atom. The first-order valence-electron chi connectivity index (χ1n) is 8.50. The lowest BCUT2D eigenvalue weighted by Crippen LogP contribution is -2.37. The fourth-order valence-corrected chi connectivity index (χ4v) is 3.06. The van der Waals surface area contributed by atoms with Crippen LogP contribution in [0.5, 0.6) is 5.75 Å².